The summed E-state index contributed by atoms with van der Waals surface area (Å²) < 4.78 is 30.4. The summed E-state index contributed by atoms with van der Waals surface area (Å²) in [6.07, 6.45) is 0. The highest BCUT2D eigenvalue weighted by molar-refractivity contribution is 7.92. The number of nitrogens with one attached hydrogen (secondary N) is 1. The maximum atomic E-state index is 12.4. The van der Waals surface area contributed by atoms with Crippen molar-refractivity contribution in [2.75, 3.05) is 18.2 Å². The van der Waals surface area contributed by atoms with Crippen molar-refractivity contribution in [2.24, 2.45) is 0 Å². The van der Waals surface area contributed by atoms with Gasteiger partial charge >= 0.3 is 5.97 Å². The third kappa shape index (κ3) is 4.13. The Hall–Kier alpha value is -2.42. The summed E-state index contributed by atoms with van der Waals surface area (Å²) in [5.41, 5.74) is 0.204. The van der Waals surface area contributed by atoms with E-state index in [0.29, 0.717) is 10.4 Å². The van der Waals surface area contributed by atoms with Crippen LogP contribution in [0.15, 0.2) is 53.4 Å². The quantitative estimate of drug-likeness (QED) is 0.631. The number of hydrogen-bond donors (Lipinski definition) is 1. The first-order valence-corrected chi connectivity index (χ1v) is 10.5. The summed E-state index contributed by atoms with van der Waals surface area (Å²) >= 11 is 6.93. The van der Waals surface area contributed by atoms with Gasteiger partial charge in [-0.15, -0.1) is 11.3 Å². The second-order valence-corrected chi connectivity index (χ2v) is 9.03. The SMILES string of the molecule is COC(=O)c1c(NC(=O)CS(=O)(=O)c2ccc(Cl)cc2)sc2ccccc12. The van der Waals surface area contributed by atoms with Gasteiger partial charge in [-0.3, -0.25) is 4.79 Å². The van der Waals surface area contributed by atoms with Crippen molar-refractivity contribution in [1.29, 1.82) is 0 Å². The monoisotopic (exact) mass is 423 g/mol. The lowest BCUT2D eigenvalue weighted by atomic mass is 10.1. The molecule has 9 heteroatoms. The number of anilines is 1. The maximum Gasteiger partial charge on any atom is 0.341 e. The van der Waals surface area contributed by atoms with Crippen LogP contribution in [0.4, 0.5) is 5.00 Å². The van der Waals surface area contributed by atoms with Gasteiger partial charge in [0.15, 0.2) is 9.84 Å². The van der Waals surface area contributed by atoms with E-state index < -0.39 is 27.5 Å². The lowest BCUT2D eigenvalue weighted by Crippen LogP contribution is -2.23. The fourth-order valence-corrected chi connectivity index (χ4v) is 4.87. The minimum atomic E-state index is -3.85. The molecule has 1 aromatic heterocycles. The molecule has 140 valence electrons. The molecule has 1 heterocycles. The number of hydrogen-bond acceptors (Lipinski definition) is 6. The lowest BCUT2D eigenvalue weighted by Gasteiger charge is -2.07. The van der Waals surface area contributed by atoms with Crippen molar-refractivity contribution >= 4 is 59.7 Å². The van der Waals surface area contributed by atoms with E-state index in [1.54, 1.807) is 24.3 Å². The molecule has 0 atom stereocenters. The van der Waals surface area contributed by atoms with Crippen LogP contribution in [0.2, 0.25) is 5.02 Å². The van der Waals surface area contributed by atoms with Gasteiger partial charge in [-0.25, -0.2) is 13.2 Å². The molecule has 27 heavy (non-hydrogen) atoms. The number of ether oxygens (including phenoxy) is 1. The van der Waals surface area contributed by atoms with Gasteiger partial charge in [0, 0.05) is 15.1 Å². The molecular weight excluding hydrogens is 410 g/mol. The van der Waals surface area contributed by atoms with Gasteiger partial charge in [0.2, 0.25) is 5.91 Å². The average Bonchev–Trinajstić information content (AvgIpc) is 2.98. The Morgan fingerprint density at radius 3 is 2.44 bits per heavy atom. The van der Waals surface area contributed by atoms with E-state index in [4.69, 9.17) is 16.3 Å². The molecule has 0 aliphatic carbocycles. The maximum absolute atomic E-state index is 12.4. The van der Waals surface area contributed by atoms with E-state index in [2.05, 4.69) is 5.32 Å². The zero-order chi connectivity index (χ0) is 19.6. The topological polar surface area (TPSA) is 89.5 Å². The standard InChI is InChI=1S/C18H14ClNO5S2/c1-25-18(22)16-13-4-2-3-5-14(13)26-17(16)20-15(21)10-27(23,24)12-8-6-11(19)7-9-12/h2-9H,10H2,1H3,(H,20,21). The van der Waals surface area contributed by atoms with Gasteiger partial charge in [0.25, 0.3) is 0 Å². The highest BCUT2D eigenvalue weighted by atomic mass is 35.5. The predicted molar refractivity (Wildman–Crippen MR) is 105 cm³/mol. The number of thiophene rings is 1. The third-order valence-electron chi connectivity index (χ3n) is 3.73. The Kier molecular flexibility index (Phi) is 5.50. The van der Waals surface area contributed by atoms with Crippen molar-refractivity contribution in [2.45, 2.75) is 4.90 Å². The van der Waals surface area contributed by atoms with Gasteiger partial charge < -0.3 is 10.1 Å². The highest BCUT2D eigenvalue weighted by Crippen LogP contribution is 2.36. The van der Waals surface area contributed by atoms with Crippen LogP contribution in [0.1, 0.15) is 10.4 Å². The number of methoxy groups -OCH3 is 1. The van der Waals surface area contributed by atoms with Crippen molar-refractivity contribution in [3.63, 3.8) is 0 Å². The summed E-state index contributed by atoms with van der Waals surface area (Å²) in [6.45, 7) is 0. The molecule has 6 nitrogen and oxygen atoms in total. The minimum absolute atomic E-state index is 0.00779. The summed E-state index contributed by atoms with van der Waals surface area (Å²) in [6, 6.07) is 12.6. The zero-order valence-electron chi connectivity index (χ0n) is 14.1. The van der Waals surface area contributed by atoms with E-state index in [1.807, 2.05) is 0 Å². The van der Waals surface area contributed by atoms with Crippen LogP contribution >= 0.6 is 22.9 Å². The van der Waals surface area contributed by atoms with Gasteiger partial charge in [-0.2, -0.15) is 0 Å². The van der Waals surface area contributed by atoms with Crippen LogP contribution in [0, 0.1) is 0 Å². The number of amides is 1. The van der Waals surface area contributed by atoms with Crippen LogP contribution in [-0.2, 0) is 19.4 Å². The fourth-order valence-electron chi connectivity index (χ4n) is 2.50. The second-order valence-electron chi connectivity index (χ2n) is 5.56. The number of fused-ring (bicyclic) bond motifs is 1. The first kappa shape index (κ1) is 19.3. The van der Waals surface area contributed by atoms with E-state index in [1.165, 1.54) is 42.7 Å². The van der Waals surface area contributed by atoms with Crippen LogP contribution in [0.25, 0.3) is 10.1 Å². The van der Waals surface area contributed by atoms with Gasteiger partial charge in [-0.1, -0.05) is 29.8 Å². The van der Waals surface area contributed by atoms with Gasteiger partial charge in [0.05, 0.1) is 12.0 Å². The van der Waals surface area contributed by atoms with E-state index in [9.17, 15) is 18.0 Å². The third-order valence-corrected chi connectivity index (χ3v) is 6.70. The van der Waals surface area contributed by atoms with Crippen LogP contribution < -0.4 is 5.32 Å². The molecule has 0 aliphatic heterocycles. The summed E-state index contributed by atoms with van der Waals surface area (Å²) in [5.74, 6) is -2.12. The largest absolute Gasteiger partial charge is 0.465 e. The molecule has 0 spiro atoms. The smallest absolute Gasteiger partial charge is 0.341 e. The Morgan fingerprint density at radius 1 is 1.11 bits per heavy atom. The number of rotatable bonds is 5. The first-order chi connectivity index (χ1) is 12.8. The number of sulfone groups is 1. The molecule has 0 saturated heterocycles. The van der Waals surface area contributed by atoms with Crippen molar-refractivity contribution in [3.05, 3.63) is 59.1 Å². The number of halogens is 1. The molecule has 1 amide bonds. The Labute approximate surface area is 164 Å². The van der Waals surface area contributed by atoms with E-state index in [-0.39, 0.29) is 15.5 Å². The first-order valence-electron chi connectivity index (χ1n) is 7.70. The zero-order valence-corrected chi connectivity index (χ0v) is 16.5. The summed E-state index contributed by atoms with van der Waals surface area (Å²) in [5, 5.41) is 3.80. The molecule has 0 radical (unpaired) electrons. The Morgan fingerprint density at radius 2 is 1.78 bits per heavy atom. The van der Waals surface area contributed by atoms with E-state index >= 15 is 0 Å². The van der Waals surface area contributed by atoms with Gasteiger partial charge in [0.1, 0.15) is 16.3 Å². The van der Waals surface area contributed by atoms with E-state index in [0.717, 1.165) is 4.70 Å². The van der Waals surface area contributed by atoms with Crippen molar-refractivity contribution in [3.8, 4) is 0 Å². The molecule has 3 rings (SSSR count). The Balaban J connectivity index is 1.88. The molecule has 0 unspecified atom stereocenters. The van der Waals surface area contributed by atoms with Crippen LogP contribution in [-0.4, -0.2) is 33.2 Å². The fraction of sp³-hybridized carbons (Fsp3) is 0.111. The Bertz CT molecular complexity index is 1120. The minimum Gasteiger partial charge on any atom is -0.465 e. The molecular formula is C18H14ClNO5S2. The molecule has 0 fully saturated rings. The summed E-state index contributed by atoms with van der Waals surface area (Å²) in [4.78, 5) is 24.5. The van der Waals surface area contributed by atoms with Crippen LogP contribution in [0.3, 0.4) is 0 Å². The second kappa shape index (κ2) is 7.67. The number of carbonyl (C=O) groups is 2. The molecule has 0 aliphatic rings. The number of carbonyl (C=O) groups excluding carboxylic acids is 2. The molecule has 3 aromatic rings. The van der Waals surface area contributed by atoms with Crippen molar-refractivity contribution in [1.82, 2.24) is 0 Å². The average molecular weight is 424 g/mol. The number of esters is 1. The molecule has 0 bridgehead atoms. The highest BCUT2D eigenvalue weighted by Gasteiger charge is 2.24. The van der Waals surface area contributed by atoms with Crippen LogP contribution in [0.5, 0.6) is 0 Å². The van der Waals surface area contributed by atoms with Crippen molar-refractivity contribution < 1.29 is 22.7 Å². The molecule has 1 N–H and O–H groups in total. The normalized spacial score (nSPS) is 11.3. The molecule has 2 aromatic carbocycles. The predicted octanol–water partition coefficient (Wildman–Crippen LogP) is 3.75. The molecule has 0 saturated carbocycles. The summed E-state index contributed by atoms with van der Waals surface area (Å²) in [7, 11) is -2.61. The van der Waals surface area contributed by atoms with Gasteiger partial charge in [-0.05, 0) is 30.3 Å². The number of benzene rings is 2. The lowest BCUT2D eigenvalue weighted by molar-refractivity contribution is -0.113.